The summed E-state index contributed by atoms with van der Waals surface area (Å²) in [5.41, 5.74) is 3.10. The number of aromatic nitrogens is 2. The molecule has 6 nitrogen and oxygen atoms in total. The van der Waals surface area contributed by atoms with Gasteiger partial charge in [0.25, 0.3) is 5.22 Å². The summed E-state index contributed by atoms with van der Waals surface area (Å²) in [5.74, 6) is 3.43. The number of nitrogens with zero attached hydrogens (tertiary/aromatic N) is 2. The highest BCUT2D eigenvalue weighted by molar-refractivity contribution is 7.98. The monoisotopic (exact) mass is 386 g/mol. The predicted molar refractivity (Wildman–Crippen MR) is 105 cm³/mol. The smallest absolute Gasteiger partial charge is 0.277 e. The van der Waals surface area contributed by atoms with Gasteiger partial charge in [-0.15, -0.1) is 10.2 Å². The van der Waals surface area contributed by atoms with E-state index in [2.05, 4.69) is 10.2 Å². The van der Waals surface area contributed by atoms with Crippen LogP contribution in [0.1, 0.15) is 18.1 Å². The van der Waals surface area contributed by atoms with Crippen molar-refractivity contribution in [3.05, 3.63) is 47.5 Å². The van der Waals surface area contributed by atoms with Crippen LogP contribution in [0.3, 0.4) is 0 Å². The lowest BCUT2D eigenvalue weighted by Crippen LogP contribution is -1.95. The number of methoxy groups -OCH3 is 2. The second kappa shape index (κ2) is 8.81. The molecule has 0 unspecified atom stereocenters. The van der Waals surface area contributed by atoms with Gasteiger partial charge in [0, 0.05) is 11.3 Å². The van der Waals surface area contributed by atoms with Gasteiger partial charge in [0.1, 0.15) is 5.75 Å². The Kier molecular flexibility index (Phi) is 6.24. The highest BCUT2D eigenvalue weighted by Gasteiger charge is 2.12. The third-order valence-corrected chi connectivity index (χ3v) is 4.88. The third-order valence-electron chi connectivity index (χ3n) is 4.01. The lowest BCUT2D eigenvalue weighted by Gasteiger charge is -2.11. The Balaban J connectivity index is 1.69. The molecule has 0 spiro atoms. The van der Waals surface area contributed by atoms with Gasteiger partial charge in [-0.1, -0.05) is 11.8 Å². The van der Waals surface area contributed by atoms with Gasteiger partial charge in [-0.3, -0.25) is 0 Å². The first-order valence-electron chi connectivity index (χ1n) is 8.55. The van der Waals surface area contributed by atoms with Crippen molar-refractivity contribution in [2.75, 3.05) is 20.8 Å². The molecule has 0 saturated heterocycles. The molecule has 1 heterocycles. The second-order valence-electron chi connectivity index (χ2n) is 5.75. The molecular weight excluding hydrogens is 364 g/mol. The van der Waals surface area contributed by atoms with Gasteiger partial charge in [0.05, 0.1) is 20.8 Å². The lowest BCUT2D eigenvalue weighted by molar-refractivity contribution is 0.340. The number of hydrogen-bond acceptors (Lipinski definition) is 7. The molecule has 142 valence electrons. The zero-order valence-corrected chi connectivity index (χ0v) is 16.6. The number of benzene rings is 2. The van der Waals surface area contributed by atoms with Gasteiger partial charge < -0.3 is 18.6 Å². The Morgan fingerprint density at radius 1 is 1.00 bits per heavy atom. The quantitative estimate of drug-likeness (QED) is 0.517. The molecule has 3 rings (SSSR count). The number of hydrogen-bond donors (Lipinski definition) is 0. The molecule has 0 aliphatic heterocycles. The maximum atomic E-state index is 5.78. The number of thioether (sulfide) groups is 1. The Bertz CT molecular complexity index is 893. The summed E-state index contributed by atoms with van der Waals surface area (Å²) in [6, 6.07) is 11.5. The maximum Gasteiger partial charge on any atom is 0.277 e. The van der Waals surface area contributed by atoms with E-state index in [1.54, 1.807) is 14.2 Å². The zero-order valence-electron chi connectivity index (χ0n) is 15.8. The summed E-state index contributed by atoms with van der Waals surface area (Å²) in [4.78, 5) is 0. The molecule has 0 amide bonds. The average Bonchev–Trinajstić information content (AvgIpc) is 3.16. The molecule has 0 atom stereocenters. The largest absolute Gasteiger partial charge is 0.494 e. The number of aryl methyl sites for hydroxylation is 1. The van der Waals surface area contributed by atoms with Gasteiger partial charge in [0.2, 0.25) is 5.89 Å². The van der Waals surface area contributed by atoms with Crippen molar-refractivity contribution in [2.45, 2.75) is 24.8 Å². The molecule has 2 aromatic carbocycles. The van der Waals surface area contributed by atoms with Crippen LogP contribution in [0.25, 0.3) is 11.5 Å². The minimum Gasteiger partial charge on any atom is -0.494 e. The molecule has 0 radical (unpaired) electrons. The van der Waals surface area contributed by atoms with Crippen molar-refractivity contribution in [3.63, 3.8) is 0 Å². The zero-order chi connectivity index (χ0) is 19.2. The van der Waals surface area contributed by atoms with Crippen LogP contribution in [0, 0.1) is 6.92 Å². The summed E-state index contributed by atoms with van der Waals surface area (Å²) >= 11 is 1.49. The predicted octanol–water partition coefficient (Wildman–Crippen LogP) is 4.75. The summed E-state index contributed by atoms with van der Waals surface area (Å²) in [6.45, 7) is 4.63. The highest BCUT2D eigenvalue weighted by Crippen LogP contribution is 2.33. The lowest BCUT2D eigenvalue weighted by atomic mass is 10.1. The van der Waals surface area contributed by atoms with E-state index in [-0.39, 0.29) is 0 Å². The van der Waals surface area contributed by atoms with Crippen LogP contribution in [0.4, 0.5) is 0 Å². The first-order chi connectivity index (χ1) is 13.1. The molecule has 3 aromatic rings. The van der Waals surface area contributed by atoms with Gasteiger partial charge in [-0.05, 0) is 61.4 Å². The highest BCUT2D eigenvalue weighted by atomic mass is 32.2. The second-order valence-corrected chi connectivity index (χ2v) is 6.68. The number of rotatable bonds is 8. The molecule has 0 aliphatic rings. The van der Waals surface area contributed by atoms with Crippen LogP contribution < -0.4 is 14.2 Å². The Hall–Kier alpha value is -2.67. The fourth-order valence-electron chi connectivity index (χ4n) is 2.56. The van der Waals surface area contributed by atoms with Crippen LogP contribution in [0.15, 0.2) is 46.0 Å². The molecule has 27 heavy (non-hydrogen) atoms. The summed E-state index contributed by atoms with van der Waals surface area (Å²) in [5, 5.41) is 8.79. The minimum absolute atomic E-state index is 0.490. The van der Waals surface area contributed by atoms with E-state index in [0.29, 0.717) is 29.2 Å². The first-order valence-corrected chi connectivity index (χ1v) is 9.54. The van der Waals surface area contributed by atoms with Crippen molar-refractivity contribution < 1.29 is 18.6 Å². The van der Waals surface area contributed by atoms with E-state index >= 15 is 0 Å². The summed E-state index contributed by atoms with van der Waals surface area (Å²) in [6.07, 6.45) is 0. The van der Waals surface area contributed by atoms with Crippen molar-refractivity contribution in [1.29, 1.82) is 0 Å². The fourth-order valence-corrected chi connectivity index (χ4v) is 3.39. The van der Waals surface area contributed by atoms with E-state index < -0.39 is 0 Å². The molecule has 0 N–H and O–H groups in total. The van der Waals surface area contributed by atoms with Crippen molar-refractivity contribution in [1.82, 2.24) is 10.2 Å². The van der Waals surface area contributed by atoms with Gasteiger partial charge in [-0.2, -0.15) is 0 Å². The van der Waals surface area contributed by atoms with Crippen molar-refractivity contribution in [2.24, 2.45) is 0 Å². The van der Waals surface area contributed by atoms with Crippen LogP contribution >= 0.6 is 11.8 Å². The Labute approximate surface area is 162 Å². The standard InChI is InChI=1S/C20H22N2O4S/c1-5-25-16-8-6-14(7-9-16)19-21-22-20(26-19)27-12-15-11-18(24-4)17(23-3)10-13(15)2/h6-11H,5,12H2,1-4H3. The van der Waals surface area contributed by atoms with E-state index in [9.17, 15) is 0 Å². The number of ether oxygens (including phenoxy) is 3. The fraction of sp³-hybridized carbons (Fsp3) is 0.300. The molecule has 0 aliphatic carbocycles. The molecular formula is C20H22N2O4S. The van der Waals surface area contributed by atoms with Gasteiger partial charge >= 0.3 is 0 Å². The SMILES string of the molecule is CCOc1ccc(-c2nnc(SCc3cc(OC)c(OC)cc3C)o2)cc1. The van der Waals surface area contributed by atoms with E-state index in [0.717, 1.165) is 28.2 Å². The molecule has 1 aromatic heterocycles. The van der Waals surface area contributed by atoms with E-state index in [1.807, 2.05) is 50.2 Å². The molecule has 0 bridgehead atoms. The topological polar surface area (TPSA) is 66.6 Å². The minimum atomic E-state index is 0.490. The molecule has 0 fully saturated rings. The van der Waals surface area contributed by atoms with Crippen LogP contribution in [0.5, 0.6) is 17.2 Å². The molecule has 7 heteroatoms. The van der Waals surface area contributed by atoms with Gasteiger partial charge in [0.15, 0.2) is 11.5 Å². The Morgan fingerprint density at radius 3 is 2.37 bits per heavy atom. The van der Waals surface area contributed by atoms with E-state index in [4.69, 9.17) is 18.6 Å². The summed E-state index contributed by atoms with van der Waals surface area (Å²) < 4.78 is 21.9. The van der Waals surface area contributed by atoms with Crippen molar-refractivity contribution >= 4 is 11.8 Å². The van der Waals surface area contributed by atoms with Gasteiger partial charge in [-0.25, -0.2) is 0 Å². The van der Waals surface area contributed by atoms with Crippen LogP contribution in [0.2, 0.25) is 0 Å². The maximum absolute atomic E-state index is 5.78. The molecule has 0 saturated carbocycles. The first kappa shape index (κ1) is 19.1. The Morgan fingerprint density at radius 2 is 1.70 bits per heavy atom. The summed E-state index contributed by atoms with van der Waals surface area (Å²) in [7, 11) is 3.26. The van der Waals surface area contributed by atoms with Crippen LogP contribution in [-0.2, 0) is 5.75 Å². The normalized spacial score (nSPS) is 10.7. The average molecular weight is 386 g/mol. The third kappa shape index (κ3) is 4.54. The van der Waals surface area contributed by atoms with Crippen LogP contribution in [-0.4, -0.2) is 31.0 Å². The van der Waals surface area contributed by atoms with E-state index in [1.165, 1.54) is 11.8 Å². The van der Waals surface area contributed by atoms with Crippen molar-refractivity contribution in [3.8, 4) is 28.7 Å².